The van der Waals surface area contributed by atoms with Gasteiger partial charge >= 0.3 is 0 Å². The molecule has 0 fully saturated rings. The monoisotopic (exact) mass is 339 g/mol. The van der Waals surface area contributed by atoms with E-state index in [4.69, 9.17) is 0 Å². The first-order chi connectivity index (χ1) is 12.0. The summed E-state index contributed by atoms with van der Waals surface area (Å²) < 4.78 is 27.3. The molecule has 4 rings (SSSR count). The number of nitrogens with zero attached hydrogens (tertiary/aromatic N) is 1. The second kappa shape index (κ2) is 5.81. The number of nitrogens with one attached hydrogen (secondary N) is 2. The summed E-state index contributed by atoms with van der Waals surface area (Å²) in [5.74, 6) is -0.694. The van der Waals surface area contributed by atoms with Crippen molar-refractivity contribution in [3.63, 3.8) is 0 Å². The minimum Gasteiger partial charge on any atom is -0.309 e. The lowest BCUT2D eigenvalue weighted by molar-refractivity contribution is -0.116. The lowest BCUT2D eigenvalue weighted by atomic mass is 9.82. The van der Waals surface area contributed by atoms with E-state index in [0.29, 0.717) is 17.1 Å². The van der Waals surface area contributed by atoms with E-state index in [2.05, 4.69) is 15.5 Å². The Morgan fingerprint density at radius 1 is 1.12 bits per heavy atom. The molecule has 126 valence electrons. The number of carbonyl (C=O) groups excluding carboxylic acids is 1. The highest BCUT2D eigenvalue weighted by Gasteiger charge is 2.33. The number of anilines is 1. The van der Waals surface area contributed by atoms with E-state index in [1.807, 2.05) is 6.07 Å². The predicted octanol–water partition coefficient (Wildman–Crippen LogP) is 4.14. The Morgan fingerprint density at radius 3 is 2.64 bits per heavy atom. The van der Waals surface area contributed by atoms with Gasteiger partial charge < -0.3 is 5.32 Å². The molecule has 3 aromatic rings. The number of benzene rings is 2. The van der Waals surface area contributed by atoms with Crippen LogP contribution in [0, 0.1) is 18.6 Å². The average molecular weight is 339 g/mol. The fourth-order valence-electron chi connectivity index (χ4n) is 3.36. The molecule has 1 unspecified atom stereocenters. The van der Waals surface area contributed by atoms with Crippen LogP contribution in [0.3, 0.4) is 0 Å². The Morgan fingerprint density at radius 2 is 1.88 bits per heavy atom. The Kier molecular flexibility index (Phi) is 3.60. The van der Waals surface area contributed by atoms with Gasteiger partial charge in [-0.1, -0.05) is 12.1 Å². The molecule has 1 atom stereocenters. The Hall–Kier alpha value is -3.02. The van der Waals surface area contributed by atoms with Crippen molar-refractivity contribution in [3.8, 4) is 11.3 Å². The van der Waals surface area contributed by atoms with Gasteiger partial charge in [-0.05, 0) is 48.4 Å². The molecule has 0 aliphatic carbocycles. The maximum Gasteiger partial charge on any atom is 0.226 e. The van der Waals surface area contributed by atoms with Crippen molar-refractivity contribution < 1.29 is 13.6 Å². The molecule has 1 aliphatic heterocycles. The predicted molar refractivity (Wildman–Crippen MR) is 90.2 cm³/mol. The largest absolute Gasteiger partial charge is 0.309 e. The number of halogens is 2. The fourth-order valence-corrected chi connectivity index (χ4v) is 3.36. The molecule has 0 saturated heterocycles. The smallest absolute Gasteiger partial charge is 0.226 e. The molecule has 1 aromatic heterocycles. The average Bonchev–Trinajstić information content (AvgIpc) is 3.01. The summed E-state index contributed by atoms with van der Waals surface area (Å²) in [6.07, 6.45) is 0.199. The Balaban J connectivity index is 1.90. The molecule has 2 aromatic carbocycles. The number of fused-ring (bicyclic) bond motifs is 1. The maximum atomic E-state index is 14.0. The van der Waals surface area contributed by atoms with Crippen molar-refractivity contribution in [1.29, 1.82) is 0 Å². The standard InChI is InChI=1S/C19H15F2N3O/c1-10-13(3-2-4-15(10)21)14-9-16(25)22-19-17(14)18(23-24-19)11-5-7-12(20)8-6-11/h2-8,14H,9H2,1H3,(H2,22,23,24,25). The van der Waals surface area contributed by atoms with E-state index in [1.54, 1.807) is 25.1 Å². The van der Waals surface area contributed by atoms with Gasteiger partial charge in [0.15, 0.2) is 5.82 Å². The molecular formula is C19H15F2N3O. The highest BCUT2D eigenvalue weighted by Crippen LogP contribution is 2.42. The van der Waals surface area contributed by atoms with E-state index in [0.717, 1.165) is 16.7 Å². The molecule has 0 radical (unpaired) electrons. The minimum atomic E-state index is -0.331. The first kappa shape index (κ1) is 15.5. The summed E-state index contributed by atoms with van der Waals surface area (Å²) in [5.41, 5.74) is 3.51. The molecule has 6 heteroatoms. The van der Waals surface area contributed by atoms with Crippen molar-refractivity contribution in [2.45, 2.75) is 19.3 Å². The van der Waals surface area contributed by atoms with E-state index in [-0.39, 0.29) is 29.9 Å². The number of hydrogen-bond acceptors (Lipinski definition) is 2. The summed E-state index contributed by atoms with van der Waals surface area (Å²) in [6, 6.07) is 10.9. The Bertz CT molecular complexity index is 963. The maximum absolute atomic E-state index is 14.0. The quantitative estimate of drug-likeness (QED) is 0.737. The molecule has 1 amide bonds. The van der Waals surface area contributed by atoms with Crippen LogP contribution in [-0.4, -0.2) is 16.1 Å². The highest BCUT2D eigenvalue weighted by atomic mass is 19.1. The zero-order valence-electron chi connectivity index (χ0n) is 13.4. The molecule has 1 aliphatic rings. The number of aromatic amines is 1. The van der Waals surface area contributed by atoms with Gasteiger partial charge in [-0.3, -0.25) is 9.89 Å². The summed E-state index contributed by atoms with van der Waals surface area (Å²) >= 11 is 0. The van der Waals surface area contributed by atoms with Crippen LogP contribution < -0.4 is 5.32 Å². The van der Waals surface area contributed by atoms with Gasteiger partial charge in [-0.15, -0.1) is 0 Å². The van der Waals surface area contributed by atoms with Crippen LogP contribution in [0.4, 0.5) is 14.6 Å². The summed E-state index contributed by atoms with van der Waals surface area (Å²) in [6.45, 7) is 1.70. The van der Waals surface area contributed by atoms with E-state index >= 15 is 0 Å². The number of H-pyrrole nitrogens is 1. The third kappa shape index (κ3) is 2.59. The first-order valence-electron chi connectivity index (χ1n) is 7.93. The minimum absolute atomic E-state index is 0.168. The van der Waals surface area contributed by atoms with Crippen molar-refractivity contribution in [1.82, 2.24) is 10.2 Å². The van der Waals surface area contributed by atoms with Gasteiger partial charge in [0.05, 0.1) is 5.69 Å². The van der Waals surface area contributed by atoms with Gasteiger partial charge in [-0.25, -0.2) is 8.78 Å². The van der Waals surface area contributed by atoms with Crippen LogP contribution in [0.5, 0.6) is 0 Å². The van der Waals surface area contributed by atoms with Crippen molar-refractivity contribution in [2.75, 3.05) is 5.32 Å². The number of carbonyl (C=O) groups is 1. The van der Waals surface area contributed by atoms with E-state index in [9.17, 15) is 13.6 Å². The van der Waals surface area contributed by atoms with Crippen molar-refractivity contribution >= 4 is 11.7 Å². The molecule has 2 N–H and O–H groups in total. The van der Waals surface area contributed by atoms with Crippen LogP contribution in [0.25, 0.3) is 11.3 Å². The molecule has 4 nitrogen and oxygen atoms in total. The van der Waals surface area contributed by atoms with Gasteiger partial charge in [-0.2, -0.15) is 5.10 Å². The number of hydrogen-bond donors (Lipinski definition) is 2. The summed E-state index contributed by atoms with van der Waals surface area (Å²) in [5, 5.41) is 9.86. The van der Waals surface area contributed by atoms with Gasteiger partial charge in [0.1, 0.15) is 11.6 Å². The zero-order valence-corrected chi connectivity index (χ0v) is 13.4. The third-order valence-electron chi connectivity index (χ3n) is 4.62. The van der Waals surface area contributed by atoms with Gasteiger partial charge in [0.25, 0.3) is 0 Å². The van der Waals surface area contributed by atoms with Gasteiger partial charge in [0, 0.05) is 23.5 Å². The molecule has 2 heterocycles. The molecule has 0 spiro atoms. The molecule has 0 saturated carbocycles. The zero-order chi connectivity index (χ0) is 17.6. The van der Waals surface area contributed by atoms with Crippen LogP contribution in [0.15, 0.2) is 42.5 Å². The number of rotatable bonds is 2. The fraction of sp³-hybridized carbons (Fsp3) is 0.158. The normalized spacial score (nSPS) is 16.4. The lowest BCUT2D eigenvalue weighted by Gasteiger charge is -2.25. The SMILES string of the molecule is Cc1c(F)cccc1C1CC(=O)Nc2n[nH]c(-c3ccc(F)cc3)c21. The Labute approximate surface area is 142 Å². The first-order valence-corrected chi connectivity index (χ1v) is 7.93. The van der Waals surface area contributed by atoms with Crippen molar-refractivity contribution in [2.24, 2.45) is 0 Å². The lowest BCUT2D eigenvalue weighted by Crippen LogP contribution is -2.24. The molecule has 25 heavy (non-hydrogen) atoms. The third-order valence-corrected chi connectivity index (χ3v) is 4.62. The summed E-state index contributed by atoms with van der Waals surface area (Å²) in [7, 11) is 0. The van der Waals surface area contributed by atoms with E-state index in [1.165, 1.54) is 18.2 Å². The van der Waals surface area contributed by atoms with Crippen molar-refractivity contribution in [3.05, 3.63) is 70.8 Å². The molecule has 0 bridgehead atoms. The van der Waals surface area contributed by atoms with Gasteiger partial charge in [0.2, 0.25) is 5.91 Å². The number of aromatic nitrogens is 2. The second-order valence-corrected chi connectivity index (χ2v) is 6.13. The van der Waals surface area contributed by atoms with Crippen LogP contribution >= 0.6 is 0 Å². The van der Waals surface area contributed by atoms with Crippen LogP contribution in [-0.2, 0) is 4.79 Å². The van der Waals surface area contributed by atoms with Crippen LogP contribution in [0.1, 0.15) is 29.0 Å². The topological polar surface area (TPSA) is 57.8 Å². The molecular weight excluding hydrogens is 324 g/mol. The summed E-state index contributed by atoms with van der Waals surface area (Å²) in [4.78, 5) is 12.1. The van der Waals surface area contributed by atoms with Crippen LogP contribution in [0.2, 0.25) is 0 Å². The highest BCUT2D eigenvalue weighted by molar-refractivity contribution is 5.96. The number of amides is 1. The second-order valence-electron chi connectivity index (χ2n) is 6.13. The van der Waals surface area contributed by atoms with E-state index < -0.39 is 0 Å².